The maximum absolute atomic E-state index is 11.4. The molecule has 6 nitrogen and oxygen atoms in total. The van der Waals surface area contributed by atoms with Crippen LogP contribution in [0.15, 0.2) is 0 Å². The first-order chi connectivity index (χ1) is 7.77. The van der Waals surface area contributed by atoms with Gasteiger partial charge in [0.2, 0.25) is 0 Å². The number of carbonyl (C=O) groups excluding carboxylic acids is 1. The van der Waals surface area contributed by atoms with Crippen LogP contribution in [0.5, 0.6) is 0 Å². The van der Waals surface area contributed by atoms with Crippen LogP contribution in [-0.4, -0.2) is 40.0 Å². The molecule has 1 saturated heterocycles. The molecule has 17 heavy (non-hydrogen) atoms. The zero-order chi connectivity index (χ0) is 13.4. The third kappa shape index (κ3) is 1.55. The first-order valence-electron chi connectivity index (χ1n) is 5.47. The molecule has 1 heterocycles. The predicted octanol–water partition coefficient (Wildman–Crippen LogP) is 0.117. The van der Waals surface area contributed by atoms with Gasteiger partial charge >= 0.3 is 11.9 Å². The lowest BCUT2D eigenvalue weighted by molar-refractivity contribution is -0.154. The number of carbonyl (C=O) groups is 3. The summed E-state index contributed by atoms with van der Waals surface area (Å²) in [4.78, 5) is 33.7. The van der Waals surface area contributed by atoms with Crippen LogP contribution in [0, 0.1) is 11.3 Å². The van der Waals surface area contributed by atoms with Gasteiger partial charge in [0.15, 0.2) is 0 Å². The molecule has 1 rings (SSSR count). The zero-order valence-electron chi connectivity index (χ0n) is 10.1. The van der Waals surface area contributed by atoms with E-state index in [0.29, 0.717) is 6.29 Å². The van der Waals surface area contributed by atoms with Gasteiger partial charge in [-0.2, -0.15) is 0 Å². The zero-order valence-corrected chi connectivity index (χ0v) is 10.1. The smallest absolute Gasteiger partial charge is 0.324 e. The van der Waals surface area contributed by atoms with Crippen molar-refractivity contribution in [2.45, 2.75) is 38.8 Å². The molecule has 0 amide bonds. The molecule has 0 radical (unpaired) electrons. The van der Waals surface area contributed by atoms with E-state index in [4.69, 9.17) is 0 Å². The number of carboxylic acid groups (broad SMARTS) is 2. The average Bonchev–Trinajstić information content (AvgIpc) is 2.51. The van der Waals surface area contributed by atoms with Crippen molar-refractivity contribution in [3.05, 3.63) is 0 Å². The van der Waals surface area contributed by atoms with Crippen LogP contribution in [0.4, 0.5) is 0 Å². The van der Waals surface area contributed by atoms with E-state index in [1.807, 2.05) is 0 Å². The van der Waals surface area contributed by atoms with Crippen LogP contribution in [-0.2, 0) is 14.4 Å². The van der Waals surface area contributed by atoms with Crippen LogP contribution in [0.25, 0.3) is 0 Å². The summed E-state index contributed by atoms with van der Waals surface area (Å²) < 4.78 is 0. The average molecular weight is 243 g/mol. The second-order valence-corrected chi connectivity index (χ2v) is 4.70. The highest BCUT2D eigenvalue weighted by atomic mass is 16.4. The van der Waals surface area contributed by atoms with Crippen molar-refractivity contribution in [1.82, 2.24) is 5.32 Å². The lowest BCUT2D eigenvalue weighted by Gasteiger charge is -2.32. The first-order valence-corrected chi connectivity index (χ1v) is 5.47. The molecule has 0 aliphatic carbocycles. The van der Waals surface area contributed by atoms with Crippen molar-refractivity contribution < 1.29 is 24.6 Å². The van der Waals surface area contributed by atoms with E-state index in [2.05, 4.69) is 5.32 Å². The third-order valence-corrected chi connectivity index (χ3v) is 4.23. The highest BCUT2D eigenvalue weighted by molar-refractivity contribution is 5.88. The molecule has 0 aromatic carbocycles. The Kier molecular flexibility index (Phi) is 3.29. The molecular formula is C11H17NO5. The number of nitrogens with one attached hydrogen (secondary N) is 1. The maximum Gasteiger partial charge on any atom is 0.324 e. The number of carboxylic acids is 2. The molecule has 4 atom stereocenters. The van der Waals surface area contributed by atoms with Gasteiger partial charge < -0.3 is 15.0 Å². The van der Waals surface area contributed by atoms with Crippen LogP contribution in [0.1, 0.15) is 27.2 Å². The molecule has 1 fully saturated rings. The summed E-state index contributed by atoms with van der Waals surface area (Å²) in [6.07, 6.45) is 0.696. The van der Waals surface area contributed by atoms with Gasteiger partial charge in [0.1, 0.15) is 11.8 Å². The predicted molar refractivity (Wildman–Crippen MR) is 58.6 cm³/mol. The van der Waals surface area contributed by atoms with E-state index in [1.165, 1.54) is 6.92 Å². The second-order valence-electron chi connectivity index (χ2n) is 4.70. The third-order valence-electron chi connectivity index (χ3n) is 4.23. The van der Waals surface area contributed by atoms with Gasteiger partial charge in [0, 0.05) is 5.92 Å². The highest BCUT2D eigenvalue weighted by Crippen LogP contribution is 2.46. The molecule has 0 spiro atoms. The normalized spacial score (nSPS) is 41.1. The standard InChI is InChI=1S/C11H17NO5/c1-4-11(9(16)17)6(2)10(3,8(14)15)7(5-13)12-11/h5-7,12H,4H2,1-3H3,(H,14,15)(H,16,17). The lowest BCUT2D eigenvalue weighted by Crippen LogP contribution is -2.52. The number of aliphatic carboxylic acids is 2. The SMILES string of the molecule is CCC1(C(=O)O)NC(C=O)C(C)(C(=O)O)C1C. The van der Waals surface area contributed by atoms with E-state index in [-0.39, 0.29) is 6.42 Å². The highest BCUT2D eigenvalue weighted by Gasteiger charge is 2.64. The second kappa shape index (κ2) is 4.10. The first kappa shape index (κ1) is 13.6. The molecule has 0 bridgehead atoms. The molecule has 0 saturated carbocycles. The fraction of sp³-hybridized carbons (Fsp3) is 0.727. The van der Waals surface area contributed by atoms with Crippen LogP contribution < -0.4 is 5.32 Å². The Morgan fingerprint density at radius 3 is 2.12 bits per heavy atom. The van der Waals surface area contributed by atoms with Crippen molar-refractivity contribution in [3.63, 3.8) is 0 Å². The Hall–Kier alpha value is -1.43. The fourth-order valence-corrected chi connectivity index (χ4v) is 2.63. The molecular weight excluding hydrogens is 226 g/mol. The van der Waals surface area contributed by atoms with Crippen molar-refractivity contribution in [2.75, 3.05) is 0 Å². The summed E-state index contributed by atoms with van der Waals surface area (Å²) in [6, 6.07) is -0.994. The van der Waals surface area contributed by atoms with Crippen molar-refractivity contribution in [3.8, 4) is 0 Å². The number of aldehydes is 1. The van der Waals surface area contributed by atoms with Crippen molar-refractivity contribution in [1.29, 1.82) is 0 Å². The molecule has 6 heteroatoms. The van der Waals surface area contributed by atoms with E-state index in [1.54, 1.807) is 13.8 Å². The molecule has 4 unspecified atom stereocenters. The van der Waals surface area contributed by atoms with Crippen LogP contribution in [0.3, 0.4) is 0 Å². The number of hydrogen-bond acceptors (Lipinski definition) is 4. The van der Waals surface area contributed by atoms with Crippen LogP contribution in [0.2, 0.25) is 0 Å². The summed E-state index contributed by atoms with van der Waals surface area (Å²) in [5, 5.41) is 21.2. The Balaban J connectivity index is 3.33. The summed E-state index contributed by atoms with van der Waals surface area (Å²) in [5.41, 5.74) is -2.77. The largest absolute Gasteiger partial charge is 0.481 e. The lowest BCUT2D eigenvalue weighted by atomic mass is 9.69. The maximum atomic E-state index is 11.4. The monoisotopic (exact) mass is 243 g/mol. The van der Waals surface area contributed by atoms with Crippen molar-refractivity contribution >= 4 is 18.2 Å². The summed E-state index contributed by atoms with van der Waals surface area (Å²) in [5.74, 6) is -2.97. The van der Waals surface area contributed by atoms with Gasteiger partial charge in [-0.1, -0.05) is 13.8 Å². The minimum absolute atomic E-state index is 0.219. The van der Waals surface area contributed by atoms with Gasteiger partial charge in [-0.05, 0) is 13.3 Å². The molecule has 1 aliphatic heterocycles. The number of rotatable bonds is 4. The Bertz CT molecular complexity index is 369. The van der Waals surface area contributed by atoms with Crippen LogP contribution >= 0.6 is 0 Å². The molecule has 3 N–H and O–H groups in total. The van der Waals surface area contributed by atoms with Gasteiger partial charge in [0.25, 0.3) is 0 Å². The number of hydrogen-bond donors (Lipinski definition) is 3. The quantitative estimate of drug-likeness (QED) is 0.606. The van der Waals surface area contributed by atoms with E-state index in [9.17, 15) is 24.6 Å². The van der Waals surface area contributed by atoms with E-state index in [0.717, 1.165) is 0 Å². The van der Waals surface area contributed by atoms with E-state index < -0.39 is 34.9 Å². The molecule has 96 valence electrons. The minimum Gasteiger partial charge on any atom is -0.481 e. The van der Waals surface area contributed by atoms with Crippen molar-refractivity contribution in [2.24, 2.45) is 11.3 Å². The van der Waals surface area contributed by atoms with Gasteiger partial charge in [-0.3, -0.25) is 14.9 Å². The minimum atomic E-state index is -1.41. The molecule has 1 aliphatic rings. The Morgan fingerprint density at radius 2 is 1.88 bits per heavy atom. The molecule has 0 aromatic rings. The topological polar surface area (TPSA) is 104 Å². The molecule has 0 aromatic heterocycles. The fourth-order valence-electron chi connectivity index (χ4n) is 2.63. The summed E-state index contributed by atoms with van der Waals surface area (Å²) in [7, 11) is 0. The Morgan fingerprint density at radius 1 is 1.35 bits per heavy atom. The van der Waals surface area contributed by atoms with Gasteiger partial charge in [0.05, 0.1) is 11.5 Å². The van der Waals surface area contributed by atoms with Gasteiger partial charge in [-0.15, -0.1) is 0 Å². The Labute approximate surface area is 99.0 Å². The van der Waals surface area contributed by atoms with Gasteiger partial charge in [-0.25, -0.2) is 0 Å². The summed E-state index contributed by atoms with van der Waals surface area (Å²) in [6.45, 7) is 4.63. The summed E-state index contributed by atoms with van der Waals surface area (Å²) >= 11 is 0. The van der Waals surface area contributed by atoms with E-state index >= 15 is 0 Å².